The Labute approximate surface area is 509 Å². The lowest BCUT2D eigenvalue weighted by atomic mass is 10.0. The zero-order valence-electron chi connectivity index (χ0n) is 54.5. The number of unbranched alkanes of at least 4 members (excludes halogenated alkanes) is 40. The smallest absolute Gasteiger partial charge is 0.306 e. The fourth-order valence-corrected chi connectivity index (χ4v) is 10.3. The van der Waals surface area contributed by atoms with Gasteiger partial charge in [-0.3, -0.25) is 14.4 Å². The topological polar surface area (TPSA) is 78.9 Å². The third kappa shape index (κ3) is 67.4. The van der Waals surface area contributed by atoms with Gasteiger partial charge in [0, 0.05) is 19.3 Å². The van der Waals surface area contributed by atoms with Gasteiger partial charge in [-0.1, -0.05) is 337 Å². The monoisotopic (exact) mass is 1140 g/mol. The summed E-state index contributed by atoms with van der Waals surface area (Å²) < 4.78 is 16.9. The van der Waals surface area contributed by atoms with E-state index >= 15 is 0 Å². The van der Waals surface area contributed by atoms with E-state index in [9.17, 15) is 14.4 Å². The summed E-state index contributed by atoms with van der Waals surface area (Å²) in [6.45, 7) is 6.49. The molecule has 1 unspecified atom stereocenters. The number of ether oxygens (including phenoxy) is 3. The Morgan fingerprint density at radius 1 is 0.256 bits per heavy atom. The van der Waals surface area contributed by atoms with Gasteiger partial charge in [-0.25, -0.2) is 0 Å². The molecule has 0 saturated carbocycles. The predicted molar refractivity (Wildman–Crippen MR) is 358 cm³/mol. The molecule has 0 rings (SSSR count). The summed E-state index contributed by atoms with van der Waals surface area (Å²) in [5.41, 5.74) is 0. The number of carbonyl (C=O) groups excluding carboxylic acids is 3. The van der Waals surface area contributed by atoms with Crippen LogP contribution in [0.25, 0.3) is 0 Å². The van der Waals surface area contributed by atoms with E-state index in [4.69, 9.17) is 14.2 Å². The van der Waals surface area contributed by atoms with Crippen molar-refractivity contribution in [3.63, 3.8) is 0 Å². The number of carbonyl (C=O) groups is 3. The Morgan fingerprint density at radius 2 is 0.500 bits per heavy atom. The van der Waals surface area contributed by atoms with E-state index in [2.05, 4.69) is 106 Å². The second kappa shape index (κ2) is 70.1. The number of rotatable bonds is 65. The molecule has 0 aromatic rings. The standard InChI is InChI=1S/C76H134O6/c1-4-7-10-13-16-19-22-24-26-28-30-32-34-36-37-38-39-41-42-44-46-48-50-52-54-57-60-63-66-69-75(78)81-72-73(71-80-74(77)68-65-62-59-56-21-18-15-12-9-6-3)82-76(79)70-67-64-61-58-55-53-51-49-47-45-43-40-35-33-31-29-27-25-23-20-17-14-11-8-5-2/h8,11-12,15,17,20,25,27,31,33,40,43,47,49,73H,4-7,9-10,13-14,16,18-19,21-24,26,28-30,32,34-39,41-42,44-46,48,50-72H2,1-3H3/b11-8-,15-12-,20-17-,27-25-,33-31-,43-40-,49-47-. The van der Waals surface area contributed by atoms with Gasteiger partial charge in [0.05, 0.1) is 0 Å². The van der Waals surface area contributed by atoms with Crippen LogP contribution in [0.1, 0.15) is 361 Å². The van der Waals surface area contributed by atoms with E-state index in [0.29, 0.717) is 19.3 Å². The lowest BCUT2D eigenvalue weighted by Crippen LogP contribution is -2.30. The third-order valence-corrected chi connectivity index (χ3v) is 15.6. The van der Waals surface area contributed by atoms with Gasteiger partial charge in [0.1, 0.15) is 13.2 Å². The van der Waals surface area contributed by atoms with Crippen molar-refractivity contribution in [2.24, 2.45) is 0 Å². The molecule has 0 amide bonds. The van der Waals surface area contributed by atoms with E-state index < -0.39 is 6.10 Å². The van der Waals surface area contributed by atoms with Gasteiger partial charge in [-0.05, 0) is 89.9 Å². The molecular weight excluding hydrogens is 1010 g/mol. The molecule has 0 aromatic heterocycles. The quantitative estimate of drug-likeness (QED) is 0.0261. The maximum absolute atomic E-state index is 12.9. The molecule has 0 spiro atoms. The lowest BCUT2D eigenvalue weighted by molar-refractivity contribution is -0.167. The van der Waals surface area contributed by atoms with Gasteiger partial charge in [0.25, 0.3) is 0 Å². The summed E-state index contributed by atoms with van der Waals surface area (Å²) in [6.07, 6.45) is 93.5. The van der Waals surface area contributed by atoms with Crippen LogP contribution in [0.4, 0.5) is 0 Å². The predicted octanol–water partition coefficient (Wildman–Crippen LogP) is 24.6. The van der Waals surface area contributed by atoms with Crippen LogP contribution in [-0.4, -0.2) is 37.2 Å². The highest BCUT2D eigenvalue weighted by molar-refractivity contribution is 5.71. The SMILES string of the molecule is CC/C=C\C/C=C\C/C=C\C/C=C\C/C=C\C/C=C\CCCCCCCCC(=O)OC(COC(=O)CCCCCCC/C=C\CCC)COC(=O)CCCCCCCCCCCCCCCCCCCCCCCCCCCCCCC. The van der Waals surface area contributed by atoms with Gasteiger partial charge in [-0.15, -0.1) is 0 Å². The van der Waals surface area contributed by atoms with Crippen LogP contribution in [-0.2, 0) is 28.6 Å². The Balaban J connectivity index is 4.18. The van der Waals surface area contributed by atoms with Gasteiger partial charge < -0.3 is 14.2 Å². The highest BCUT2D eigenvalue weighted by Crippen LogP contribution is 2.18. The molecular formula is C76H134O6. The van der Waals surface area contributed by atoms with Crippen LogP contribution in [0.2, 0.25) is 0 Å². The van der Waals surface area contributed by atoms with Gasteiger partial charge in [0.15, 0.2) is 6.10 Å². The highest BCUT2D eigenvalue weighted by Gasteiger charge is 2.19. The van der Waals surface area contributed by atoms with Crippen LogP contribution in [0.3, 0.4) is 0 Å². The van der Waals surface area contributed by atoms with Crippen molar-refractivity contribution < 1.29 is 28.6 Å². The molecule has 0 heterocycles. The third-order valence-electron chi connectivity index (χ3n) is 15.6. The first-order valence-corrected chi connectivity index (χ1v) is 35.6. The van der Waals surface area contributed by atoms with Gasteiger partial charge in [-0.2, -0.15) is 0 Å². The zero-order chi connectivity index (χ0) is 59.2. The molecule has 6 nitrogen and oxygen atoms in total. The molecule has 474 valence electrons. The van der Waals surface area contributed by atoms with Crippen molar-refractivity contribution >= 4 is 17.9 Å². The molecule has 0 fully saturated rings. The lowest BCUT2D eigenvalue weighted by Gasteiger charge is -2.18. The Hall–Kier alpha value is -3.41. The van der Waals surface area contributed by atoms with Crippen LogP contribution < -0.4 is 0 Å². The number of hydrogen-bond donors (Lipinski definition) is 0. The Kier molecular flexibility index (Phi) is 67.2. The van der Waals surface area contributed by atoms with Gasteiger partial charge >= 0.3 is 17.9 Å². The fraction of sp³-hybridized carbons (Fsp3) is 0.776. The van der Waals surface area contributed by atoms with Crippen molar-refractivity contribution in [3.8, 4) is 0 Å². The second-order valence-corrected chi connectivity index (χ2v) is 23.8. The molecule has 0 saturated heterocycles. The molecule has 0 aromatic carbocycles. The van der Waals surface area contributed by atoms with E-state index in [-0.39, 0.29) is 31.1 Å². The summed E-state index contributed by atoms with van der Waals surface area (Å²) in [5, 5.41) is 0. The van der Waals surface area contributed by atoms with E-state index in [1.54, 1.807) is 0 Å². The number of hydrogen-bond acceptors (Lipinski definition) is 6. The largest absolute Gasteiger partial charge is 0.462 e. The van der Waals surface area contributed by atoms with E-state index in [1.807, 2.05) is 0 Å². The van der Waals surface area contributed by atoms with Crippen molar-refractivity contribution in [2.45, 2.75) is 367 Å². The molecule has 0 aliphatic carbocycles. The van der Waals surface area contributed by atoms with Crippen molar-refractivity contribution in [1.82, 2.24) is 0 Å². The highest BCUT2D eigenvalue weighted by atomic mass is 16.6. The average Bonchev–Trinajstić information content (AvgIpc) is 3.47. The van der Waals surface area contributed by atoms with Gasteiger partial charge in [0.2, 0.25) is 0 Å². The molecule has 0 aliphatic rings. The van der Waals surface area contributed by atoms with E-state index in [0.717, 1.165) is 122 Å². The molecule has 0 N–H and O–H groups in total. The van der Waals surface area contributed by atoms with Crippen LogP contribution in [0.5, 0.6) is 0 Å². The normalized spacial score (nSPS) is 12.6. The first kappa shape index (κ1) is 78.6. The maximum atomic E-state index is 12.9. The first-order valence-electron chi connectivity index (χ1n) is 35.6. The minimum atomic E-state index is -0.788. The molecule has 6 heteroatoms. The van der Waals surface area contributed by atoms with Crippen LogP contribution in [0.15, 0.2) is 85.1 Å². The number of esters is 3. The summed E-state index contributed by atoms with van der Waals surface area (Å²) >= 11 is 0. The van der Waals surface area contributed by atoms with Crippen molar-refractivity contribution in [1.29, 1.82) is 0 Å². The number of allylic oxidation sites excluding steroid dienone is 14. The molecule has 82 heavy (non-hydrogen) atoms. The summed E-state index contributed by atoms with van der Waals surface area (Å²) in [6, 6.07) is 0. The van der Waals surface area contributed by atoms with Crippen molar-refractivity contribution in [3.05, 3.63) is 85.1 Å². The summed E-state index contributed by atoms with van der Waals surface area (Å²) in [5.74, 6) is -0.893. The fourth-order valence-electron chi connectivity index (χ4n) is 10.3. The molecule has 0 bridgehead atoms. The van der Waals surface area contributed by atoms with E-state index in [1.165, 1.54) is 199 Å². The minimum Gasteiger partial charge on any atom is -0.462 e. The minimum absolute atomic E-state index is 0.0825. The maximum Gasteiger partial charge on any atom is 0.306 e. The average molecular weight is 1140 g/mol. The first-order chi connectivity index (χ1) is 40.5. The Bertz CT molecular complexity index is 1550. The molecule has 0 radical (unpaired) electrons. The van der Waals surface area contributed by atoms with Crippen LogP contribution >= 0.6 is 0 Å². The Morgan fingerprint density at radius 3 is 0.805 bits per heavy atom. The summed E-state index contributed by atoms with van der Waals surface area (Å²) in [4.78, 5) is 38.3. The second-order valence-electron chi connectivity index (χ2n) is 23.8. The molecule has 0 aliphatic heterocycles. The van der Waals surface area contributed by atoms with Crippen molar-refractivity contribution in [2.75, 3.05) is 13.2 Å². The summed E-state index contributed by atoms with van der Waals surface area (Å²) in [7, 11) is 0. The zero-order valence-corrected chi connectivity index (χ0v) is 54.5. The molecule has 1 atom stereocenters. The van der Waals surface area contributed by atoms with Crippen LogP contribution in [0, 0.1) is 0 Å².